The van der Waals surface area contributed by atoms with Crippen molar-refractivity contribution in [1.29, 1.82) is 0 Å². The van der Waals surface area contributed by atoms with Gasteiger partial charge in [0.15, 0.2) is 6.10 Å². The fourth-order valence-corrected chi connectivity index (χ4v) is 3.07. The van der Waals surface area contributed by atoms with Gasteiger partial charge in [-0.3, -0.25) is 0 Å². The molecule has 1 aliphatic heterocycles. The van der Waals surface area contributed by atoms with Crippen LogP contribution in [0.3, 0.4) is 0 Å². The highest BCUT2D eigenvalue weighted by Gasteiger charge is 2.26. The Bertz CT molecular complexity index is 903. The number of fused-ring (bicyclic) bond motifs is 1. The summed E-state index contributed by atoms with van der Waals surface area (Å²) in [7, 11) is 0. The Morgan fingerprint density at radius 3 is 2.61 bits per heavy atom. The van der Waals surface area contributed by atoms with Gasteiger partial charge in [0.05, 0.1) is 5.71 Å². The van der Waals surface area contributed by atoms with Gasteiger partial charge in [0.2, 0.25) is 0 Å². The van der Waals surface area contributed by atoms with Gasteiger partial charge < -0.3 is 9.94 Å². The van der Waals surface area contributed by atoms with Gasteiger partial charge in [0, 0.05) is 17.0 Å². The van der Waals surface area contributed by atoms with Crippen molar-refractivity contribution in [3.05, 3.63) is 76.8 Å². The average molecular weight is 324 g/mol. The highest BCUT2D eigenvalue weighted by atomic mass is 35.5. The number of hydrogen-bond acceptors (Lipinski definition) is 3. The summed E-state index contributed by atoms with van der Waals surface area (Å²) in [5.41, 5.74) is 2.53. The van der Waals surface area contributed by atoms with E-state index in [4.69, 9.17) is 16.4 Å². The second-order valence-electron chi connectivity index (χ2n) is 5.57. The Hall–Kier alpha value is -2.52. The van der Waals surface area contributed by atoms with Crippen LogP contribution in [0.4, 0.5) is 0 Å². The first-order chi connectivity index (χ1) is 11.2. The number of hydrogen-bond donors (Lipinski definition) is 1. The first-order valence-corrected chi connectivity index (χ1v) is 7.79. The molecule has 1 N–H and O–H groups in total. The zero-order valence-corrected chi connectivity index (χ0v) is 13.0. The maximum atomic E-state index is 10.3. The third-order valence-electron chi connectivity index (χ3n) is 4.11. The lowest BCUT2D eigenvalue weighted by Crippen LogP contribution is -2.02. The van der Waals surface area contributed by atoms with Gasteiger partial charge >= 0.3 is 0 Å². The number of phenolic OH excluding ortho intramolecular Hbond substituents is 1. The summed E-state index contributed by atoms with van der Waals surface area (Å²) in [6.45, 7) is 0. The number of phenols is 1. The number of aromatic hydroxyl groups is 1. The van der Waals surface area contributed by atoms with E-state index in [-0.39, 0.29) is 11.9 Å². The lowest BCUT2D eigenvalue weighted by atomic mass is 9.95. The predicted octanol–water partition coefficient (Wildman–Crippen LogP) is 5.06. The van der Waals surface area contributed by atoms with Crippen LogP contribution in [0, 0.1) is 0 Å². The molecule has 3 aromatic rings. The van der Waals surface area contributed by atoms with Crippen LogP contribution in [0.25, 0.3) is 10.8 Å². The summed E-state index contributed by atoms with van der Waals surface area (Å²) < 4.78 is 0. The molecule has 0 fully saturated rings. The first-order valence-electron chi connectivity index (χ1n) is 7.41. The van der Waals surface area contributed by atoms with Gasteiger partial charge in [-0.15, -0.1) is 0 Å². The highest BCUT2D eigenvalue weighted by molar-refractivity contribution is 6.30. The Balaban J connectivity index is 1.70. The molecule has 0 bridgehead atoms. The fraction of sp³-hybridized carbons (Fsp3) is 0.105. The molecule has 0 radical (unpaired) electrons. The van der Waals surface area contributed by atoms with Gasteiger partial charge in [-0.2, -0.15) is 0 Å². The van der Waals surface area contributed by atoms with Crippen LogP contribution in [-0.4, -0.2) is 10.8 Å². The molecule has 1 unspecified atom stereocenters. The van der Waals surface area contributed by atoms with E-state index in [1.54, 1.807) is 6.07 Å². The Morgan fingerprint density at radius 1 is 1.00 bits per heavy atom. The van der Waals surface area contributed by atoms with Crippen molar-refractivity contribution in [1.82, 2.24) is 0 Å². The standard InChI is InChI=1S/C19H14ClNO2/c20-14-8-5-13(6-9-14)18-11-16(21-23-18)19-15-4-2-1-3-12(15)7-10-17(19)22/h1-10,18,22H,11H2. The van der Waals surface area contributed by atoms with E-state index in [1.807, 2.05) is 54.6 Å². The van der Waals surface area contributed by atoms with Gasteiger partial charge in [-0.05, 0) is 34.5 Å². The van der Waals surface area contributed by atoms with E-state index in [2.05, 4.69) is 5.16 Å². The van der Waals surface area contributed by atoms with Crippen molar-refractivity contribution in [3.63, 3.8) is 0 Å². The van der Waals surface area contributed by atoms with E-state index in [0.29, 0.717) is 11.4 Å². The number of benzene rings is 3. The molecule has 0 aliphatic carbocycles. The molecule has 1 heterocycles. The quantitative estimate of drug-likeness (QED) is 0.715. The monoisotopic (exact) mass is 323 g/mol. The van der Waals surface area contributed by atoms with Crippen molar-refractivity contribution in [2.45, 2.75) is 12.5 Å². The Morgan fingerprint density at radius 2 is 1.78 bits per heavy atom. The summed E-state index contributed by atoms with van der Waals surface area (Å²) in [5, 5.41) is 17.3. The maximum Gasteiger partial charge on any atom is 0.158 e. The molecule has 23 heavy (non-hydrogen) atoms. The van der Waals surface area contributed by atoms with Crippen molar-refractivity contribution in [2.75, 3.05) is 0 Å². The number of rotatable bonds is 2. The zero-order chi connectivity index (χ0) is 15.8. The topological polar surface area (TPSA) is 41.8 Å². The molecule has 0 aromatic heterocycles. The summed E-state index contributed by atoms with van der Waals surface area (Å²) in [4.78, 5) is 5.58. The van der Waals surface area contributed by atoms with E-state index in [9.17, 15) is 5.11 Å². The van der Waals surface area contributed by atoms with Crippen molar-refractivity contribution in [3.8, 4) is 5.75 Å². The van der Waals surface area contributed by atoms with Crippen LogP contribution >= 0.6 is 11.6 Å². The molecular weight excluding hydrogens is 310 g/mol. The average Bonchev–Trinajstić information content (AvgIpc) is 3.05. The molecule has 0 amide bonds. The largest absolute Gasteiger partial charge is 0.507 e. The van der Waals surface area contributed by atoms with E-state index in [1.165, 1.54) is 0 Å². The zero-order valence-electron chi connectivity index (χ0n) is 12.2. The smallest absolute Gasteiger partial charge is 0.158 e. The van der Waals surface area contributed by atoms with E-state index < -0.39 is 0 Å². The van der Waals surface area contributed by atoms with Gasteiger partial charge in [-0.1, -0.05) is 59.2 Å². The minimum Gasteiger partial charge on any atom is -0.507 e. The lowest BCUT2D eigenvalue weighted by Gasteiger charge is -2.10. The van der Waals surface area contributed by atoms with Crippen LogP contribution in [0.2, 0.25) is 5.02 Å². The fourth-order valence-electron chi connectivity index (χ4n) is 2.94. The van der Waals surface area contributed by atoms with Gasteiger partial charge in [0.1, 0.15) is 5.75 Å². The molecule has 114 valence electrons. The third-order valence-corrected chi connectivity index (χ3v) is 4.36. The molecule has 0 spiro atoms. The van der Waals surface area contributed by atoms with Crippen LogP contribution in [-0.2, 0) is 4.84 Å². The molecule has 1 atom stereocenters. The van der Waals surface area contributed by atoms with Crippen LogP contribution < -0.4 is 0 Å². The Kier molecular flexibility index (Phi) is 3.43. The number of nitrogens with zero attached hydrogens (tertiary/aromatic N) is 1. The summed E-state index contributed by atoms with van der Waals surface area (Å²) in [5.74, 6) is 0.225. The second kappa shape index (κ2) is 5.60. The number of halogens is 1. The van der Waals surface area contributed by atoms with E-state index >= 15 is 0 Å². The van der Waals surface area contributed by atoms with Crippen molar-refractivity contribution in [2.24, 2.45) is 5.16 Å². The van der Waals surface area contributed by atoms with Crippen LogP contribution in [0.1, 0.15) is 23.7 Å². The van der Waals surface area contributed by atoms with Crippen molar-refractivity contribution < 1.29 is 9.94 Å². The molecule has 3 nitrogen and oxygen atoms in total. The predicted molar refractivity (Wildman–Crippen MR) is 92.0 cm³/mol. The molecule has 4 heteroatoms. The van der Waals surface area contributed by atoms with Gasteiger partial charge in [0.25, 0.3) is 0 Å². The second-order valence-corrected chi connectivity index (χ2v) is 6.00. The first kappa shape index (κ1) is 14.1. The lowest BCUT2D eigenvalue weighted by molar-refractivity contribution is 0.0857. The summed E-state index contributed by atoms with van der Waals surface area (Å²) in [6, 6.07) is 19.1. The minimum absolute atomic E-state index is 0.152. The molecular formula is C19H14ClNO2. The molecule has 0 saturated heterocycles. The summed E-state index contributed by atoms with van der Waals surface area (Å²) in [6.07, 6.45) is 0.462. The van der Waals surface area contributed by atoms with Crippen LogP contribution in [0.5, 0.6) is 5.75 Å². The van der Waals surface area contributed by atoms with Crippen molar-refractivity contribution >= 4 is 28.1 Å². The third kappa shape index (κ3) is 2.53. The molecule has 1 aliphatic rings. The summed E-state index contributed by atoms with van der Waals surface area (Å²) >= 11 is 5.93. The van der Waals surface area contributed by atoms with Crippen LogP contribution in [0.15, 0.2) is 65.8 Å². The number of oxime groups is 1. The minimum atomic E-state index is -0.152. The normalized spacial score (nSPS) is 17.1. The highest BCUT2D eigenvalue weighted by Crippen LogP contribution is 2.35. The maximum absolute atomic E-state index is 10.3. The van der Waals surface area contributed by atoms with Gasteiger partial charge in [-0.25, -0.2) is 0 Å². The molecule has 4 rings (SSSR count). The molecule has 3 aromatic carbocycles. The SMILES string of the molecule is Oc1ccc2ccccc2c1C1=NOC(c2ccc(Cl)cc2)C1. The Labute approximate surface area is 138 Å². The van der Waals surface area contributed by atoms with E-state index in [0.717, 1.165) is 27.6 Å². The molecule has 0 saturated carbocycles.